The molecule has 1 amide bonds. The molecule has 2 aromatic rings. The molecule has 1 aliphatic heterocycles. The summed E-state index contributed by atoms with van der Waals surface area (Å²) in [7, 11) is 0. The summed E-state index contributed by atoms with van der Waals surface area (Å²) < 4.78 is 5.69. The zero-order valence-electron chi connectivity index (χ0n) is 14.4. The van der Waals surface area contributed by atoms with Crippen molar-refractivity contribution in [3.05, 3.63) is 67.7 Å². The fraction of sp³-hybridized carbons (Fsp3) is 0.278. The molecule has 9 heteroatoms. The summed E-state index contributed by atoms with van der Waals surface area (Å²) in [5, 5.41) is 11.5. The molecule has 1 atom stereocenters. The van der Waals surface area contributed by atoms with Gasteiger partial charge in [0.25, 0.3) is 5.91 Å². The van der Waals surface area contributed by atoms with Gasteiger partial charge in [0.2, 0.25) is 0 Å². The Hall–Kier alpha value is -1.96. The lowest BCUT2D eigenvalue weighted by Gasteiger charge is -2.24. The third-order valence-electron chi connectivity index (χ3n) is 4.12. The van der Waals surface area contributed by atoms with E-state index >= 15 is 0 Å². The molecule has 0 aliphatic carbocycles. The van der Waals surface area contributed by atoms with E-state index in [4.69, 9.17) is 27.9 Å². The first-order valence-corrected chi connectivity index (χ1v) is 9.93. The van der Waals surface area contributed by atoms with Crippen LogP contribution in [0.4, 0.5) is 5.69 Å². The lowest BCUT2D eigenvalue weighted by Crippen LogP contribution is -2.38. The molecule has 0 unspecified atom stereocenters. The standard InChI is InChI=1S/C18H16Cl2N2O4S/c1-11-5-6-15(14(9-11)22(24)25)26-10-16-21(7-8-27-16)18(23)17-12(19)3-2-4-13(17)20/h2-6,9,16H,7-8,10H2,1H3/t16-/m0/s1. The maximum atomic E-state index is 12.9. The molecule has 3 rings (SSSR count). The number of amides is 1. The predicted octanol–water partition coefficient (Wildman–Crippen LogP) is 4.80. The predicted molar refractivity (Wildman–Crippen MR) is 107 cm³/mol. The average Bonchev–Trinajstić information content (AvgIpc) is 3.08. The molecule has 0 spiro atoms. The monoisotopic (exact) mass is 426 g/mol. The van der Waals surface area contributed by atoms with E-state index in [1.54, 1.807) is 53.9 Å². The second-order valence-corrected chi connectivity index (χ2v) is 8.06. The Labute approximate surface area is 170 Å². The van der Waals surface area contributed by atoms with E-state index in [2.05, 4.69) is 0 Å². The van der Waals surface area contributed by atoms with Crippen molar-refractivity contribution >= 4 is 46.6 Å². The number of carbonyl (C=O) groups is 1. The van der Waals surface area contributed by atoms with Crippen molar-refractivity contribution in [2.75, 3.05) is 18.9 Å². The highest BCUT2D eigenvalue weighted by atomic mass is 35.5. The number of hydrogen-bond donors (Lipinski definition) is 0. The lowest BCUT2D eigenvalue weighted by atomic mass is 10.2. The van der Waals surface area contributed by atoms with Gasteiger partial charge in [-0.05, 0) is 30.7 Å². The van der Waals surface area contributed by atoms with Gasteiger partial charge in [-0.3, -0.25) is 14.9 Å². The topological polar surface area (TPSA) is 72.7 Å². The number of ether oxygens (including phenoxy) is 1. The molecule has 0 radical (unpaired) electrons. The highest BCUT2D eigenvalue weighted by Crippen LogP contribution is 2.33. The summed E-state index contributed by atoms with van der Waals surface area (Å²) in [5.74, 6) is 0.640. The fourth-order valence-electron chi connectivity index (χ4n) is 2.79. The van der Waals surface area contributed by atoms with Gasteiger partial charge in [-0.25, -0.2) is 0 Å². The SMILES string of the molecule is Cc1ccc(OC[C@@H]2SCCN2C(=O)c2c(Cl)cccc2Cl)c([N+](=O)[O-])c1. The molecule has 142 valence electrons. The van der Waals surface area contributed by atoms with Gasteiger partial charge in [-0.15, -0.1) is 11.8 Å². The maximum absolute atomic E-state index is 12.9. The summed E-state index contributed by atoms with van der Waals surface area (Å²) in [6.07, 6.45) is 0. The first kappa shape index (κ1) is 19.8. The molecular weight excluding hydrogens is 411 g/mol. The summed E-state index contributed by atoms with van der Waals surface area (Å²) >= 11 is 13.8. The second kappa shape index (κ2) is 8.37. The van der Waals surface area contributed by atoms with E-state index in [1.165, 1.54) is 6.07 Å². The first-order chi connectivity index (χ1) is 12.9. The summed E-state index contributed by atoms with van der Waals surface area (Å²) in [6.45, 7) is 2.43. The van der Waals surface area contributed by atoms with Crippen molar-refractivity contribution in [2.45, 2.75) is 12.3 Å². The molecule has 0 N–H and O–H groups in total. The van der Waals surface area contributed by atoms with Gasteiger partial charge in [0.1, 0.15) is 12.0 Å². The van der Waals surface area contributed by atoms with Crippen molar-refractivity contribution in [1.82, 2.24) is 4.90 Å². The van der Waals surface area contributed by atoms with Crippen LogP contribution in [0.25, 0.3) is 0 Å². The zero-order valence-corrected chi connectivity index (χ0v) is 16.7. The molecule has 6 nitrogen and oxygen atoms in total. The molecule has 0 aromatic heterocycles. The van der Waals surface area contributed by atoms with E-state index < -0.39 is 4.92 Å². The number of nitro groups is 1. The minimum atomic E-state index is -0.476. The van der Waals surface area contributed by atoms with E-state index in [0.717, 1.165) is 11.3 Å². The maximum Gasteiger partial charge on any atom is 0.311 e. The van der Waals surface area contributed by atoms with E-state index in [1.807, 2.05) is 0 Å². The van der Waals surface area contributed by atoms with E-state index in [0.29, 0.717) is 16.6 Å². The molecule has 1 fully saturated rings. The normalized spacial score (nSPS) is 16.4. The van der Waals surface area contributed by atoms with Crippen molar-refractivity contribution in [3.63, 3.8) is 0 Å². The van der Waals surface area contributed by atoms with Gasteiger partial charge < -0.3 is 9.64 Å². The highest BCUT2D eigenvalue weighted by Gasteiger charge is 2.33. The average molecular weight is 427 g/mol. The number of aryl methyl sites for hydroxylation is 1. The van der Waals surface area contributed by atoms with Crippen molar-refractivity contribution in [2.24, 2.45) is 0 Å². The lowest BCUT2D eigenvalue weighted by molar-refractivity contribution is -0.385. The van der Waals surface area contributed by atoms with Gasteiger partial charge in [0.15, 0.2) is 5.75 Å². The summed E-state index contributed by atoms with van der Waals surface area (Å²) in [5.41, 5.74) is 0.939. The number of carbonyl (C=O) groups excluding carboxylic acids is 1. The highest BCUT2D eigenvalue weighted by molar-refractivity contribution is 8.00. The van der Waals surface area contributed by atoms with Crippen LogP contribution in [0.5, 0.6) is 5.75 Å². The van der Waals surface area contributed by atoms with Crippen LogP contribution in [0.3, 0.4) is 0 Å². The first-order valence-electron chi connectivity index (χ1n) is 8.13. The van der Waals surface area contributed by atoms with Crippen molar-refractivity contribution in [1.29, 1.82) is 0 Å². The quantitative estimate of drug-likeness (QED) is 0.506. The van der Waals surface area contributed by atoms with Crippen LogP contribution in [0.1, 0.15) is 15.9 Å². The molecular formula is C18H16Cl2N2O4S. The molecule has 1 aliphatic rings. The van der Waals surface area contributed by atoms with Gasteiger partial charge in [-0.2, -0.15) is 0 Å². The van der Waals surface area contributed by atoms with Crippen LogP contribution in [0.15, 0.2) is 36.4 Å². The summed E-state index contributed by atoms with van der Waals surface area (Å²) in [6, 6.07) is 9.69. The van der Waals surface area contributed by atoms with Crippen molar-refractivity contribution < 1.29 is 14.5 Å². The molecule has 1 saturated heterocycles. The Morgan fingerprint density at radius 3 is 2.70 bits per heavy atom. The smallest absolute Gasteiger partial charge is 0.311 e. The minimum absolute atomic E-state index is 0.0926. The van der Waals surface area contributed by atoms with E-state index in [9.17, 15) is 14.9 Å². The third kappa shape index (κ3) is 4.31. The Balaban J connectivity index is 1.76. The van der Waals surface area contributed by atoms with Gasteiger partial charge >= 0.3 is 5.69 Å². The molecule has 0 bridgehead atoms. The van der Waals surface area contributed by atoms with Crippen molar-refractivity contribution in [3.8, 4) is 5.75 Å². The molecule has 0 saturated carbocycles. The number of hydrogen-bond acceptors (Lipinski definition) is 5. The van der Waals surface area contributed by atoms with Crippen LogP contribution in [-0.4, -0.2) is 40.0 Å². The number of nitrogens with zero attached hydrogens (tertiary/aromatic N) is 2. The zero-order chi connectivity index (χ0) is 19.6. The minimum Gasteiger partial charge on any atom is -0.484 e. The third-order valence-corrected chi connectivity index (χ3v) is 5.94. The van der Waals surface area contributed by atoms with Crippen LogP contribution in [0, 0.1) is 17.0 Å². The number of halogens is 2. The largest absolute Gasteiger partial charge is 0.484 e. The second-order valence-electron chi connectivity index (χ2n) is 5.96. The Bertz CT molecular complexity index is 873. The fourth-order valence-corrected chi connectivity index (χ4v) is 4.47. The van der Waals surface area contributed by atoms with Crippen LogP contribution in [0.2, 0.25) is 10.0 Å². The van der Waals surface area contributed by atoms with E-state index in [-0.39, 0.29) is 34.9 Å². The molecule has 1 heterocycles. The number of rotatable bonds is 5. The van der Waals surface area contributed by atoms with Gasteiger partial charge in [-0.1, -0.05) is 35.3 Å². The van der Waals surface area contributed by atoms with Crippen LogP contribution >= 0.6 is 35.0 Å². The number of benzene rings is 2. The van der Waals surface area contributed by atoms with Gasteiger partial charge in [0.05, 0.1) is 20.5 Å². The molecule has 2 aromatic carbocycles. The summed E-state index contributed by atoms with van der Waals surface area (Å²) in [4.78, 5) is 25.3. The number of nitro benzene ring substituents is 1. The van der Waals surface area contributed by atoms with Gasteiger partial charge in [0, 0.05) is 18.4 Å². The number of thioether (sulfide) groups is 1. The van der Waals surface area contributed by atoms with Crippen LogP contribution in [-0.2, 0) is 0 Å². The Morgan fingerprint density at radius 2 is 2.04 bits per heavy atom. The molecule has 27 heavy (non-hydrogen) atoms. The van der Waals surface area contributed by atoms with Crippen LogP contribution < -0.4 is 4.74 Å². The Morgan fingerprint density at radius 1 is 1.33 bits per heavy atom. The Kier molecular flexibility index (Phi) is 6.14.